The number of ether oxygens (including phenoxy) is 4. The van der Waals surface area contributed by atoms with E-state index >= 15 is 0 Å². The summed E-state index contributed by atoms with van der Waals surface area (Å²) in [5, 5.41) is 20.2. The number of allylic oxidation sites excluding steroid dienone is 1. The standard InChI is InChI=1S/C25H27N5O9/c1-5-38-24(32)22-14(2)27-25(33)28-23(22)16-7-9-19(20(11-16)37-4)39-13-21(31)29-26-12-15-6-8-18(36-3)17(10-15)30(34)35/h6-12,23H,5,13H2,1-4H3,(H,29,31)(H2,27,28,33)/b26-12-/t23-/m0/s1. The van der Waals surface area contributed by atoms with Gasteiger partial charge < -0.3 is 29.6 Å². The van der Waals surface area contributed by atoms with E-state index in [1.54, 1.807) is 32.0 Å². The molecule has 3 rings (SSSR count). The number of amides is 3. The van der Waals surface area contributed by atoms with Crippen LogP contribution in [-0.4, -0.2) is 56.5 Å². The lowest BCUT2D eigenvalue weighted by Gasteiger charge is -2.28. The average Bonchev–Trinajstić information content (AvgIpc) is 2.91. The normalized spacial score (nSPS) is 14.8. The molecule has 0 bridgehead atoms. The number of esters is 1. The third-order valence-electron chi connectivity index (χ3n) is 5.45. The molecular weight excluding hydrogens is 514 g/mol. The summed E-state index contributed by atoms with van der Waals surface area (Å²) in [6, 6.07) is 7.66. The van der Waals surface area contributed by atoms with Gasteiger partial charge in [-0.3, -0.25) is 14.9 Å². The molecule has 0 saturated carbocycles. The van der Waals surface area contributed by atoms with Crippen LogP contribution in [0.5, 0.6) is 17.2 Å². The van der Waals surface area contributed by atoms with Crippen molar-refractivity contribution in [2.75, 3.05) is 27.4 Å². The first-order chi connectivity index (χ1) is 18.7. The molecule has 1 aliphatic heterocycles. The molecule has 0 spiro atoms. The molecule has 206 valence electrons. The third-order valence-corrected chi connectivity index (χ3v) is 5.45. The zero-order valence-electron chi connectivity index (χ0n) is 21.6. The maximum absolute atomic E-state index is 12.5. The molecule has 1 aliphatic rings. The molecule has 0 aliphatic carbocycles. The van der Waals surface area contributed by atoms with Gasteiger partial charge in [-0.1, -0.05) is 6.07 Å². The Hall–Kier alpha value is -5.14. The highest BCUT2D eigenvalue weighted by molar-refractivity contribution is 5.95. The summed E-state index contributed by atoms with van der Waals surface area (Å²) in [5.74, 6) is -0.601. The number of nitrogens with one attached hydrogen (secondary N) is 3. The minimum absolute atomic E-state index is 0.0976. The molecule has 0 aromatic heterocycles. The lowest BCUT2D eigenvalue weighted by atomic mass is 9.95. The first kappa shape index (κ1) is 28.4. The van der Waals surface area contributed by atoms with E-state index < -0.39 is 35.5 Å². The molecule has 0 unspecified atom stereocenters. The predicted molar refractivity (Wildman–Crippen MR) is 138 cm³/mol. The van der Waals surface area contributed by atoms with Crippen molar-refractivity contribution < 1.29 is 38.3 Å². The zero-order valence-corrected chi connectivity index (χ0v) is 21.6. The van der Waals surface area contributed by atoms with Crippen LogP contribution in [0.2, 0.25) is 0 Å². The maximum atomic E-state index is 12.5. The van der Waals surface area contributed by atoms with Crippen molar-refractivity contribution in [2.45, 2.75) is 19.9 Å². The lowest BCUT2D eigenvalue weighted by Crippen LogP contribution is -2.45. The summed E-state index contributed by atoms with van der Waals surface area (Å²) in [7, 11) is 2.72. The number of hydrogen-bond donors (Lipinski definition) is 3. The van der Waals surface area contributed by atoms with Crippen LogP contribution in [0.3, 0.4) is 0 Å². The number of benzene rings is 2. The molecule has 0 radical (unpaired) electrons. The van der Waals surface area contributed by atoms with E-state index in [0.717, 1.165) is 0 Å². The van der Waals surface area contributed by atoms with Crippen LogP contribution in [-0.2, 0) is 14.3 Å². The van der Waals surface area contributed by atoms with Crippen molar-refractivity contribution in [1.29, 1.82) is 0 Å². The van der Waals surface area contributed by atoms with E-state index in [0.29, 0.717) is 16.8 Å². The fourth-order valence-corrected chi connectivity index (χ4v) is 3.69. The first-order valence-corrected chi connectivity index (χ1v) is 11.6. The van der Waals surface area contributed by atoms with Crippen molar-refractivity contribution in [3.05, 3.63) is 68.9 Å². The Bertz CT molecular complexity index is 1340. The molecule has 2 aromatic carbocycles. The monoisotopic (exact) mass is 541 g/mol. The molecule has 14 heteroatoms. The van der Waals surface area contributed by atoms with Gasteiger partial charge in [0, 0.05) is 17.3 Å². The zero-order chi connectivity index (χ0) is 28.5. The number of carbonyl (C=O) groups is 3. The van der Waals surface area contributed by atoms with Crippen LogP contribution in [0, 0.1) is 10.1 Å². The second-order valence-corrected chi connectivity index (χ2v) is 7.97. The molecule has 2 aromatic rings. The summed E-state index contributed by atoms with van der Waals surface area (Å²) in [6.07, 6.45) is 1.24. The molecule has 39 heavy (non-hydrogen) atoms. The summed E-state index contributed by atoms with van der Waals surface area (Å²) in [5.41, 5.74) is 3.54. The second kappa shape index (κ2) is 12.9. The highest BCUT2D eigenvalue weighted by Gasteiger charge is 2.32. The van der Waals surface area contributed by atoms with Crippen molar-refractivity contribution in [1.82, 2.24) is 16.1 Å². The quantitative estimate of drug-likeness (QED) is 0.167. The largest absolute Gasteiger partial charge is 0.493 e. The van der Waals surface area contributed by atoms with E-state index in [-0.39, 0.29) is 35.1 Å². The summed E-state index contributed by atoms with van der Waals surface area (Å²) < 4.78 is 21.0. The molecule has 1 heterocycles. The molecular formula is C25H27N5O9. The van der Waals surface area contributed by atoms with Gasteiger partial charge in [-0.2, -0.15) is 5.10 Å². The van der Waals surface area contributed by atoms with Crippen molar-refractivity contribution in [3.8, 4) is 17.2 Å². The van der Waals surface area contributed by atoms with Crippen LogP contribution in [0.15, 0.2) is 52.8 Å². The minimum Gasteiger partial charge on any atom is -0.493 e. The summed E-state index contributed by atoms with van der Waals surface area (Å²) >= 11 is 0. The summed E-state index contributed by atoms with van der Waals surface area (Å²) in [4.78, 5) is 47.4. The Kier molecular flexibility index (Phi) is 9.40. The number of nitro benzene ring substituents is 1. The van der Waals surface area contributed by atoms with Gasteiger partial charge in [0.2, 0.25) is 0 Å². The van der Waals surface area contributed by atoms with Gasteiger partial charge in [0.05, 0.1) is 43.6 Å². The topological polar surface area (TPSA) is 180 Å². The molecule has 3 amide bonds. The van der Waals surface area contributed by atoms with Gasteiger partial charge in [-0.25, -0.2) is 15.0 Å². The number of hydrogen-bond acceptors (Lipinski definition) is 10. The fourth-order valence-electron chi connectivity index (χ4n) is 3.69. The number of hydrazone groups is 1. The Morgan fingerprint density at radius 2 is 1.85 bits per heavy atom. The van der Waals surface area contributed by atoms with Crippen LogP contribution in [0.25, 0.3) is 0 Å². The minimum atomic E-state index is -0.799. The SMILES string of the molecule is CCOC(=O)C1=C(C)NC(=O)N[C@H]1c1ccc(OCC(=O)N/N=C\c2ccc(OC)c([N+](=O)[O-])c2)c(OC)c1. The highest BCUT2D eigenvalue weighted by Crippen LogP contribution is 2.34. The van der Waals surface area contributed by atoms with E-state index in [1.807, 2.05) is 0 Å². The second-order valence-electron chi connectivity index (χ2n) is 7.97. The Balaban J connectivity index is 1.68. The average molecular weight is 542 g/mol. The van der Waals surface area contributed by atoms with Gasteiger partial charge in [0.15, 0.2) is 23.9 Å². The van der Waals surface area contributed by atoms with Gasteiger partial charge in [0.25, 0.3) is 5.91 Å². The highest BCUT2D eigenvalue weighted by atomic mass is 16.6. The number of rotatable bonds is 11. The Morgan fingerprint density at radius 3 is 2.51 bits per heavy atom. The molecule has 1 atom stereocenters. The number of urea groups is 1. The summed E-state index contributed by atoms with van der Waals surface area (Å²) in [6.45, 7) is 3.02. The lowest BCUT2D eigenvalue weighted by molar-refractivity contribution is -0.385. The van der Waals surface area contributed by atoms with E-state index in [1.165, 1.54) is 38.6 Å². The molecule has 14 nitrogen and oxygen atoms in total. The molecule has 0 fully saturated rings. The first-order valence-electron chi connectivity index (χ1n) is 11.6. The molecule has 0 saturated heterocycles. The van der Waals surface area contributed by atoms with Gasteiger partial charge in [-0.15, -0.1) is 0 Å². The fraction of sp³-hybridized carbons (Fsp3) is 0.280. The number of carbonyl (C=O) groups excluding carboxylic acids is 3. The van der Waals surface area contributed by atoms with Crippen LogP contribution in [0.1, 0.15) is 31.0 Å². The third kappa shape index (κ3) is 7.00. The van der Waals surface area contributed by atoms with Crippen LogP contribution >= 0.6 is 0 Å². The number of methoxy groups -OCH3 is 2. The van der Waals surface area contributed by atoms with Crippen LogP contribution in [0.4, 0.5) is 10.5 Å². The molecule has 3 N–H and O–H groups in total. The predicted octanol–water partition coefficient (Wildman–Crippen LogP) is 2.33. The van der Waals surface area contributed by atoms with E-state index in [9.17, 15) is 24.5 Å². The van der Waals surface area contributed by atoms with Gasteiger partial charge >= 0.3 is 17.7 Å². The van der Waals surface area contributed by atoms with E-state index in [2.05, 4.69) is 21.2 Å². The van der Waals surface area contributed by atoms with Crippen molar-refractivity contribution >= 4 is 29.8 Å². The Morgan fingerprint density at radius 1 is 1.13 bits per heavy atom. The number of nitrogens with zero attached hydrogens (tertiary/aromatic N) is 2. The Labute approximate surface area is 223 Å². The smallest absolute Gasteiger partial charge is 0.338 e. The van der Waals surface area contributed by atoms with Crippen molar-refractivity contribution in [2.24, 2.45) is 5.10 Å². The van der Waals surface area contributed by atoms with Gasteiger partial charge in [0.1, 0.15) is 0 Å². The van der Waals surface area contributed by atoms with E-state index in [4.69, 9.17) is 18.9 Å². The van der Waals surface area contributed by atoms with Crippen LogP contribution < -0.4 is 30.3 Å². The maximum Gasteiger partial charge on any atom is 0.338 e. The number of nitro groups is 1. The van der Waals surface area contributed by atoms with Gasteiger partial charge in [-0.05, 0) is 43.7 Å². The van der Waals surface area contributed by atoms with Crippen molar-refractivity contribution in [3.63, 3.8) is 0 Å².